The van der Waals surface area contributed by atoms with E-state index in [1.165, 1.54) is 6.07 Å². The Balaban J connectivity index is 1.66. The summed E-state index contributed by atoms with van der Waals surface area (Å²) in [5, 5.41) is 7.18. The minimum atomic E-state index is -0.517. The average molecular weight is 338 g/mol. The molecule has 4 rings (SSSR count). The molecule has 0 bridgehead atoms. The number of carbonyl (C=O) groups excluding carboxylic acids is 1. The Morgan fingerprint density at radius 3 is 3.00 bits per heavy atom. The topological polar surface area (TPSA) is 85.3 Å². The molecule has 3 aromatic rings. The van der Waals surface area contributed by atoms with Crippen LogP contribution in [0.2, 0.25) is 0 Å². The molecule has 6 nitrogen and oxygen atoms in total. The lowest BCUT2D eigenvalue weighted by Gasteiger charge is -2.16. The molecule has 0 saturated carbocycles. The van der Waals surface area contributed by atoms with E-state index >= 15 is 0 Å². The SMILES string of the molecule is Cc1ccc2oc(C(=O)Nc3onc4c3C[C@H](C)CC4)cc(=O)c2c1. The van der Waals surface area contributed by atoms with Crippen molar-refractivity contribution in [1.82, 2.24) is 5.16 Å². The highest BCUT2D eigenvalue weighted by Gasteiger charge is 2.25. The van der Waals surface area contributed by atoms with Crippen LogP contribution in [-0.2, 0) is 12.8 Å². The summed E-state index contributed by atoms with van der Waals surface area (Å²) in [4.78, 5) is 24.8. The van der Waals surface area contributed by atoms with Crippen molar-refractivity contribution in [1.29, 1.82) is 0 Å². The molecule has 2 aromatic heterocycles. The Bertz CT molecular complexity index is 1030. The molecular formula is C19H18N2O4. The quantitative estimate of drug-likeness (QED) is 0.773. The van der Waals surface area contributed by atoms with Crippen molar-refractivity contribution in [3.63, 3.8) is 0 Å². The normalized spacial score (nSPS) is 16.6. The van der Waals surface area contributed by atoms with Crippen molar-refractivity contribution >= 4 is 22.8 Å². The summed E-state index contributed by atoms with van der Waals surface area (Å²) in [6, 6.07) is 6.49. The Morgan fingerprint density at radius 2 is 2.16 bits per heavy atom. The van der Waals surface area contributed by atoms with Gasteiger partial charge in [-0.1, -0.05) is 23.7 Å². The minimum absolute atomic E-state index is 0.0460. The van der Waals surface area contributed by atoms with E-state index < -0.39 is 5.91 Å². The maximum atomic E-state index is 12.5. The van der Waals surface area contributed by atoms with Crippen LogP contribution in [-0.4, -0.2) is 11.1 Å². The van der Waals surface area contributed by atoms with Crippen LogP contribution in [0.3, 0.4) is 0 Å². The second-order valence-electron chi connectivity index (χ2n) is 6.71. The number of rotatable bonds is 2. The van der Waals surface area contributed by atoms with Gasteiger partial charge in [-0.05, 0) is 44.2 Å². The number of hydrogen-bond acceptors (Lipinski definition) is 5. The lowest BCUT2D eigenvalue weighted by molar-refractivity contribution is 0.0994. The van der Waals surface area contributed by atoms with Crippen molar-refractivity contribution in [3.8, 4) is 0 Å². The van der Waals surface area contributed by atoms with Gasteiger partial charge in [0.05, 0.1) is 11.1 Å². The third kappa shape index (κ3) is 2.84. The molecule has 1 aliphatic carbocycles. The van der Waals surface area contributed by atoms with Crippen molar-refractivity contribution in [2.45, 2.75) is 33.1 Å². The van der Waals surface area contributed by atoms with E-state index in [0.717, 1.165) is 36.1 Å². The van der Waals surface area contributed by atoms with E-state index in [1.807, 2.05) is 13.0 Å². The molecule has 1 amide bonds. The van der Waals surface area contributed by atoms with E-state index in [0.29, 0.717) is 22.8 Å². The highest BCUT2D eigenvalue weighted by Crippen LogP contribution is 2.30. The standard InChI is InChI=1S/C19H18N2O4/c1-10-3-5-14-12(7-10)19(25-21-14)20-18(23)17-9-15(22)13-8-11(2)4-6-16(13)24-17/h4,6,8-10H,3,5,7H2,1-2H3,(H,20,23)/t10-/m1/s1. The number of nitrogens with zero attached hydrogens (tertiary/aromatic N) is 1. The van der Waals surface area contributed by atoms with E-state index in [-0.39, 0.29) is 11.2 Å². The van der Waals surface area contributed by atoms with Crippen LogP contribution in [0.5, 0.6) is 0 Å². The molecule has 128 valence electrons. The van der Waals surface area contributed by atoms with Crippen molar-refractivity contribution in [3.05, 3.63) is 57.1 Å². The number of aromatic nitrogens is 1. The molecule has 25 heavy (non-hydrogen) atoms. The molecule has 0 unspecified atom stereocenters. The van der Waals surface area contributed by atoms with Gasteiger partial charge in [0.15, 0.2) is 11.2 Å². The average Bonchev–Trinajstić information content (AvgIpc) is 2.97. The van der Waals surface area contributed by atoms with Crippen LogP contribution >= 0.6 is 0 Å². The first-order valence-corrected chi connectivity index (χ1v) is 8.34. The fourth-order valence-corrected chi connectivity index (χ4v) is 3.23. The Kier molecular flexibility index (Phi) is 3.67. The first kappa shape index (κ1) is 15.6. The van der Waals surface area contributed by atoms with Gasteiger partial charge in [-0.3, -0.25) is 14.9 Å². The number of benzene rings is 1. The fraction of sp³-hybridized carbons (Fsp3) is 0.316. The summed E-state index contributed by atoms with van der Waals surface area (Å²) in [5.41, 5.74) is 2.92. The Hall–Kier alpha value is -2.89. The van der Waals surface area contributed by atoms with Crippen LogP contribution in [0, 0.1) is 12.8 Å². The van der Waals surface area contributed by atoms with E-state index in [1.54, 1.807) is 12.1 Å². The summed E-state index contributed by atoms with van der Waals surface area (Å²) in [7, 11) is 0. The molecule has 1 aromatic carbocycles. The van der Waals surface area contributed by atoms with Crippen molar-refractivity contribution < 1.29 is 13.7 Å². The first-order chi connectivity index (χ1) is 12.0. The van der Waals surface area contributed by atoms with Crippen LogP contribution in [0.25, 0.3) is 11.0 Å². The number of hydrogen-bond donors (Lipinski definition) is 1. The second kappa shape index (κ2) is 5.88. The van der Waals surface area contributed by atoms with Crippen LogP contribution in [0.15, 0.2) is 38.0 Å². The molecule has 0 saturated heterocycles. The van der Waals surface area contributed by atoms with Crippen molar-refractivity contribution in [2.24, 2.45) is 5.92 Å². The number of anilines is 1. The highest BCUT2D eigenvalue weighted by atomic mass is 16.5. The third-order valence-electron chi connectivity index (χ3n) is 4.63. The van der Waals surface area contributed by atoms with Crippen molar-refractivity contribution in [2.75, 3.05) is 5.32 Å². The van der Waals surface area contributed by atoms with Gasteiger partial charge >= 0.3 is 0 Å². The number of nitrogens with one attached hydrogen (secondary N) is 1. The largest absolute Gasteiger partial charge is 0.451 e. The van der Waals surface area contributed by atoms with Gasteiger partial charge in [-0.15, -0.1) is 0 Å². The first-order valence-electron chi connectivity index (χ1n) is 8.34. The molecule has 1 N–H and O–H groups in total. The zero-order valence-electron chi connectivity index (χ0n) is 14.1. The van der Waals surface area contributed by atoms with Gasteiger partial charge in [-0.25, -0.2) is 0 Å². The van der Waals surface area contributed by atoms with Gasteiger partial charge in [0.25, 0.3) is 5.91 Å². The van der Waals surface area contributed by atoms with Crippen LogP contribution in [0.4, 0.5) is 5.88 Å². The molecule has 0 radical (unpaired) electrons. The molecule has 0 fully saturated rings. The summed E-state index contributed by atoms with van der Waals surface area (Å²) in [5.74, 6) is 0.301. The summed E-state index contributed by atoms with van der Waals surface area (Å²) in [6.45, 7) is 4.06. The molecule has 2 heterocycles. The van der Waals surface area contributed by atoms with E-state index in [9.17, 15) is 9.59 Å². The Labute approximate surface area is 143 Å². The maximum Gasteiger partial charge on any atom is 0.293 e. The fourth-order valence-electron chi connectivity index (χ4n) is 3.23. The third-order valence-corrected chi connectivity index (χ3v) is 4.63. The Morgan fingerprint density at radius 1 is 1.32 bits per heavy atom. The number of carbonyl (C=O) groups is 1. The van der Waals surface area contributed by atoms with E-state index in [2.05, 4.69) is 17.4 Å². The molecule has 6 heteroatoms. The van der Waals surface area contributed by atoms with Gasteiger partial charge < -0.3 is 8.94 Å². The summed E-state index contributed by atoms with van der Waals surface area (Å²) in [6.07, 6.45) is 2.72. The predicted octanol–water partition coefficient (Wildman–Crippen LogP) is 3.47. The predicted molar refractivity (Wildman–Crippen MR) is 92.9 cm³/mol. The minimum Gasteiger partial charge on any atom is -0.451 e. The second-order valence-corrected chi connectivity index (χ2v) is 6.71. The zero-order valence-corrected chi connectivity index (χ0v) is 14.1. The molecule has 1 atom stereocenters. The summed E-state index contributed by atoms with van der Waals surface area (Å²) < 4.78 is 10.9. The molecule has 0 aliphatic heterocycles. The van der Waals surface area contributed by atoms with Gasteiger partial charge in [0.2, 0.25) is 5.88 Å². The number of amides is 1. The van der Waals surface area contributed by atoms with E-state index in [4.69, 9.17) is 8.94 Å². The zero-order chi connectivity index (χ0) is 17.6. The molecule has 0 spiro atoms. The lowest BCUT2D eigenvalue weighted by Crippen LogP contribution is -2.17. The molecule has 1 aliphatic rings. The number of aryl methyl sites for hydroxylation is 2. The van der Waals surface area contributed by atoms with Crippen LogP contribution in [0.1, 0.15) is 40.7 Å². The van der Waals surface area contributed by atoms with Gasteiger partial charge in [0, 0.05) is 11.6 Å². The van der Waals surface area contributed by atoms with Crippen LogP contribution < -0.4 is 10.7 Å². The van der Waals surface area contributed by atoms with Gasteiger partial charge in [0.1, 0.15) is 5.58 Å². The molecular weight excluding hydrogens is 320 g/mol. The highest BCUT2D eigenvalue weighted by molar-refractivity contribution is 6.02. The number of fused-ring (bicyclic) bond motifs is 2. The lowest BCUT2D eigenvalue weighted by atomic mass is 9.89. The maximum absolute atomic E-state index is 12.5. The summed E-state index contributed by atoms with van der Waals surface area (Å²) >= 11 is 0. The van der Waals surface area contributed by atoms with Gasteiger partial charge in [-0.2, -0.15) is 0 Å². The monoisotopic (exact) mass is 338 g/mol. The smallest absolute Gasteiger partial charge is 0.293 e.